The van der Waals surface area contributed by atoms with Gasteiger partial charge in [-0.25, -0.2) is 0 Å². The first kappa shape index (κ1) is 16.1. The zero-order chi connectivity index (χ0) is 14.8. The van der Waals surface area contributed by atoms with E-state index in [0.717, 1.165) is 24.8 Å². The Morgan fingerprint density at radius 1 is 1.00 bits per heavy atom. The zero-order valence-corrected chi connectivity index (χ0v) is 12.6. The molecular weight excluding hydrogens is 248 g/mol. The average molecular weight is 272 g/mol. The van der Waals surface area contributed by atoms with Crippen LogP contribution in [0.2, 0.25) is 0 Å². The summed E-state index contributed by atoms with van der Waals surface area (Å²) in [6.07, 6.45) is 3.15. The van der Waals surface area contributed by atoms with Crippen LogP contribution in [0.15, 0.2) is 48.5 Å². The Morgan fingerprint density at radius 2 is 1.70 bits per heavy atom. The van der Waals surface area contributed by atoms with Gasteiger partial charge in [-0.15, -0.1) is 0 Å². The van der Waals surface area contributed by atoms with Crippen molar-refractivity contribution in [3.05, 3.63) is 59.7 Å². The van der Waals surface area contributed by atoms with Crippen molar-refractivity contribution < 1.29 is 9.84 Å². The maximum absolute atomic E-state index is 9.69. The highest BCUT2D eigenvalue weighted by Gasteiger charge is 2.05. The molecule has 0 radical (unpaired) electrons. The van der Waals surface area contributed by atoms with Crippen LogP contribution in [0.25, 0.3) is 0 Å². The Balaban J connectivity index is 0.000000240. The Labute approximate surface area is 122 Å². The molecule has 0 unspecified atom stereocenters. The molecule has 0 aliphatic carbocycles. The summed E-state index contributed by atoms with van der Waals surface area (Å²) >= 11 is 0. The second-order valence-corrected chi connectivity index (χ2v) is 4.73. The van der Waals surface area contributed by atoms with Crippen molar-refractivity contribution in [2.24, 2.45) is 0 Å². The molecule has 0 saturated heterocycles. The van der Waals surface area contributed by atoms with Crippen LogP contribution in [0.3, 0.4) is 0 Å². The normalized spacial score (nSPS) is 9.55. The minimum Gasteiger partial charge on any atom is -0.504 e. The topological polar surface area (TPSA) is 29.5 Å². The summed E-state index contributed by atoms with van der Waals surface area (Å²) in [4.78, 5) is 0. The summed E-state index contributed by atoms with van der Waals surface area (Å²) in [5, 5.41) is 9.69. The average Bonchev–Trinajstić information content (AvgIpc) is 2.48. The smallest absolute Gasteiger partial charge is 0.160 e. The third-order valence-electron chi connectivity index (χ3n) is 3.04. The van der Waals surface area contributed by atoms with Crippen LogP contribution in [-0.4, -0.2) is 12.2 Å². The summed E-state index contributed by atoms with van der Waals surface area (Å²) in [5.74, 6) is 0.854. The predicted molar refractivity (Wildman–Crippen MR) is 84.4 cm³/mol. The number of unbranched alkanes of at least 4 members (excludes halogenated alkanes) is 1. The van der Waals surface area contributed by atoms with E-state index >= 15 is 0 Å². The van der Waals surface area contributed by atoms with Gasteiger partial charge in [0.25, 0.3) is 0 Å². The molecule has 0 fully saturated rings. The molecule has 0 saturated carbocycles. The fraction of sp³-hybridized carbons (Fsp3) is 0.333. The molecular formula is C18H24O2. The molecule has 2 rings (SSSR count). The summed E-state index contributed by atoms with van der Waals surface area (Å²) < 4.78 is 5.02. The zero-order valence-electron chi connectivity index (χ0n) is 12.6. The Kier molecular flexibility index (Phi) is 7.26. The van der Waals surface area contributed by atoms with E-state index in [-0.39, 0.29) is 0 Å². The van der Waals surface area contributed by atoms with Crippen LogP contribution >= 0.6 is 0 Å². The lowest BCUT2D eigenvalue weighted by molar-refractivity contribution is 0.370. The number of hydrogen-bond acceptors (Lipinski definition) is 2. The lowest BCUT2D eigenvalue weighted by Gasteiger charge is -2.07. The molecule has 1 N–H and O–H groups in total. The van der Waals surface area contributed by atoms with Gasteiger partial charge < -0.3 is 9.84 Å². The quantitative estimate of drug-likeness (QED) is 0.871. The second kappa shape index (κ2) is 9.03. The van der Waals surface area contributed by atoms with Gasteiger partial charge in [-0.1, -0.05) is 61.4 Å². The van der Waals surface area contributed by atoms with Crippen LogP contribution in [-0.2, 0) is 6.42 Å². The monoisotopic (exact) mass is 272 g/mol. The number of methoxy groups -OCH3 is 1. The van der Waals surface area contributed by atoms with E-state index in [4.69, 9.17) is 4.74 Å². The Hall–Kier alpha value is -1.96. The van der Waals surface area contributed by atoms with Crippen LogP contribution in [0, 0.1) is 6.92 Å². The van der Waals surface area contributed by atoms with E-state index in [9.17, 15) is 5.11 Å². The number of para-hydroxylation sites is 1. The maximum Gasteiger partial charge on any atom is 0.160 e. The number of hydrogen-bond donors (Lipinski definition) is 1. The van der Waals surface area contributed by atoms with E-state index < -0.39 is 0 Å². The SMILES string of the molecule is CCCCc1cccc(OC)c1O.Cc1ccccc1. The van der Waals surface area contributed by atoms with E-state index in [0.29, 0.717) is 11.5 Å². The molecule has 2 aromatic rings. The molecule has 0 atom stereocenters. The first-order valence-electron chi connectivity index (χ1n) is 7.05. The first-order valence-corrected chi connectivity index (χ1v) is 7.05. The summed E-state index contributed by atoms with van der Waals surface area (Å²) in [6, 6.07) is 15.9. The van der Waals surface area contributed by atoms with Gasteiger partial charge in [-0.3, -0.25) is 0 Å². The maximum atomic E-state index is 9.69. The van der Waals surface area contributed by atoms with Gasteiger partial charge in [0.2, 0.25) is 0 Å². The number of benzene rings is 2. The van der Waals surface area contributed by atoms with Crippen LogP contribution in [0.5, 0.6) is 11.5 Å². The van der Waals surface area contributed by atoms with Gasteiger partial charge in [0, 0.05) is 0 Å². The highest BCUT2D eigenvalue weighted by Crippen LogP contribution is 2.30. The van der Waals surface area contributed by atoms with Crippen LogP contribution < -0.4 is 4.74 Å². The molecule has 0 bridgehead atoms. The predicted octanol–water partition coefficient (Wildman–Crippen LogP) is 4.74. The molecule has 108 valence electrons. The molecule has 0 heterocycles. The lowest BCUT2D eigenvalue weighted by Crippen LogP contribution is -1.89. The Morgan fingerprint density at radius 3 is 2.20 bits per heavy atom. The first-order chi connectivity index (χ1) is 9.69. The van der Waals surface area contributed by atoms with E-state index in [1.54, 1.807) is 13.2 Å². The molecule has 2 heteroatoms. The number of aromatic hydroxyl groups is 1. The van der Waals surface area contributed by atoms with Gasteiger partial charge in [0.05, 0.1) is 7.11 Å². The third-order valence-corrected chi connectivity index (χ3v) is 3.04. The van der Waals surface area contributed by atoms with Gasteiger partial charge in [0.1, 0.15) is 0 Å². The van der Waals surface area contributed by atoms with Crippen molar-refractivity contribution in [3.8, 4) is 11.5 Å². The summed E-state index contributed by atoms with van der Waals surface area (Å²) in [6.45, 7) is 4.22. The van der Waals surface area contributed by atoms with Crippen LogP contribution in [0.1, 0.15) is 30.9 Å². The number of phenolic OH excluding ortho intramolecular Hbond substituents is 1. The standard InChI is InChI=1S/C11H16O2.C7H8/c1-3-4-6-9-7-5-8-10(13-2)11(9)12;1-7-5-3-2-4-6-7/h5,7-8,12H,3-4,6H2,1-2H3;2-6H,1H3. The molecule has 20 heavy (non-hydrogen) atoms. The Bertz CT molecular complexity index is 492. The summed E-state index contributed by atoms with van der Waals surface area (Å²) in [5.41, 5.74) is 2.30. The lowest BCUT2D eigenvalue weighted by atomic mass is 10.1. The van der Waals surface area contributed by atoms with E-state index in [2.05, 4.69) is 26.0 Å². The van der Waals surface area contributed by atoms with Crippen molar-refractivity contribution in [2.45, 2.75) is 33.1 Å². The number of aryl methyl sites for hydroxylation is 2. The second-order valence-electron chi connectivity index (χ2n) is 4.73. The number of rotatable bonds is 4. The fourth-order valence-electron chi connectivity index (χ4n) is 1.84. The van der Waals surface area contributed by atoms with Crippen molar-refractivity contribution in [2.75, 3.05) is 7.11 Å². The highest BCUT2D eigenvalue weighted by molar-refractivity contribution is 5.45. The molecule has 0 aliphatic rings. The highest BCUT2D eigenvalue weighted by atomic mass is 16.5. The number of ether oxygens (including phenoxy) is 1. The van der Waals surface area contributed by atoms with Crippen molar-refractivity contribution in [1.29, 1.82) is 0 Å². The van der Waals surface area contributed by atoms with Gasteiger partial charge >= 0.3 is 0 Å². The minimum absolute atomic E-state index is 0.290. The molecule has 0 aliphatic heterocycles. The van der Waals surface area contributed by atoms with Crippen molar-refractivity contribution >= 4 is 0 Å². The van der Waals surface area contributed by atoms with Gasteiger partial charge in [0.15, 0.2) is 11.5 Å². The van der Waals surface area contributed by atoms with Gasteiger partial charge in [-0.2, -0.15) is 0 Å². The minimum atomic E-state index is 0.290. The van der Waals surface area contributed by atoms with Crippen molar-refractivity contribution in [3.63, 3.8) is 0 Å². The van der Waals surface area contributed by atoms with Crippen LogP contribution in [0.4, 0.5) is 0 Å². The van der Waals surface area contributed by atoms with Crippen molar-refractivity contribution in [1.82, 2.24) is 0 Å². The molecule has 0 aromatic heterocycles. The molecule has 0 amide bonds. The van der Waals surface area contributed by atoms with Gasteiger partial charge in [-0.05, 0) is 31.4 Å². The molecule has 2 aromatic carbocycles. The summed E-state index contributed by atoms with van der Waals surface area (Å²) in [7, 11) is 1.57. The third kappa shape index (κ3) is 5.35. The molecule has 0 spiro atoms. The molecule has 2 nitrogen and oxygen atoms in total. The number of phenols is 1. The largest absolute Gasteiger partial charge is 0.504 e. The van der Waals surface area contributed by atoms with E-state index in [1.165, 1.54) is 5.56 Å². The van der Waals surface area contributed by atoms with E-state index in [1.807, 2.05) is 30.3 Å². The fourth-order valence-corrected chi connectivity index (χ4v) is 1.84.